The van der Waals surface area contributed by atoms with Crippen molar-refractivity contribution < 1.29 is 9.13 Å². The molecule has 21 heavy (non-hydrogen) atoms. The Kier molecular flexibility index (Phi) is 10.9. The van der Waals surface area contributed by atoms with Crippen molar-refractivity contribution in [1.29, 1.82) is 0 Å². The van der Waals surface area contributed by atoms with Crippen LogP contribution in [0.25, 0.3) is 0 Å². The first-order chi connectivity index (χ1) is 10.2. The molecule has 1 saturated heterocycles. The standard InChI is InChI=1S/C14H20FNO.C2H6.CH5N/c1-11-5-4-8-16(9-11)10-12-13(15)6-3-7-14(12)17-2;2*1-2/h3,6-7,11H,4-5,8-10H2,1-2H3;1-2H3;2H2,1H3/t11-;;/m1../s1. The van der Waals surface area contributed by atoms with Crippen molar-refractivity contribution in [3.05, 3.63) is 29.6 Å². The summed E-state index contributed by atoms with van der Waals surface area (Å²) in [5.41, 5.74) is 5.18. The molecule has 0 bridgehead atoms. The summed E-state index contributed by atoms with van der Waals surface area (Å²) >= 11 is 0. The maximum atomic E-state index is 13.8. The van der Waals surface area contributed by atoms with Gasteiger partial charge in [0.2, 0.25) is 0 Å². The van der Waals surface area contributed by atoms with E-state index in [9.17, 15) is 4.39 Å². The Balaban J connectivity index is 0.000000921. The van der Waals surface area contributed by atoms with Crippen LogP contribution < -0.4 is 10.5 Å². The monoisotopic (exact) mass is 298 g/mol. The minimum absolute atomic E-state index is 0.164. The number of likely N-dealkylation sites (tertiary alicyclic amines) is 1. The zero-order chi connectivity index (χ0) is 16.3. The molecular formula is C17H31FN2O. The minimum atomic E-state index is -0.164. The van der Waals surface area contributed by atoms with Gasteiger partial charge in [0.15, 0.2) is 0 Å². The summed E-state index contributed by atoms with van der Waals surface area (Å²) in [6, 6.07) is 5.02. The number of piperidine rings is 1. The van der Waals surface area contributed by atoms with Crippen molar-refractivity contribution in [2.45, 2.75) is 40.2 Å². The summed E-state index contributed by atoms with van der Waals surface area (Å²) in [6.07, 6.45) is 2.49. The van der Waals surface area contributed by atoms with Crippen LogP contribution in [-0.4, -0.2) is 32.1 Å². The summed E-state index contributed by atoms with van der Waals surface area (Å²) in [5, 5.41) is 0. The molecule has 122 valence electrons. The van der Waals surface area contributed by atoms with E-state index in [4.69, 9.17) is 4.74 Å². The molecule has 2 rings (SSSR count). The van der Waals surface area contributed by atoms with Crippen LogP contribution in [0.4, 0.5) is 4.39 Å². The Labute approximate surface area is 129 Å². The van der Waals surface area contributed by atoms with E-state index < -0.39 is 0 Å². The Morgan fingerprint density at radius 1 is 1.33 bits per heavy atom. The molecule has 0 aromatic heterocycles. The number of ether oxygens (including phenoxy) is 1. The molecule has 1 aromatic carbocycles. The SMILES string of the molecule is CC.CN.COc1cccc(F)c1CN1CCC[C@@H](C)C1. The van der Waals surface area contributed by atoms with Gasteiger partial charge >= 0.3 is 0 Å². The number of rotatable bonds is 3. The number of hydrogen-bond acceptors (Lipinski definition) is 3. The highest BCUT2D eigenvalue weighted by Gasteiger charge is 2.19. The molecule has 0 spiro atoms. The highest BCUT2D eigenvalue weighted by molar-refractivity contribution is 5.34. The van der Waals surface area contributed by atoms with Crippen LogP contribution in [-0.2, 0) is 6.54 Å². The summed E-state index contributed by atoms with van der Waals surface area (Å²) < 4.78 is 19.0. The van der Waals surface area contributed by atoms with E-state index in [0.29, 0.717) is 23.8 Å². The average Bonchev–Trinajstić information content (AvgIpc) is 2.53. The number of methoxy groups -OCH3 is 1. The van der Waals surface area contributed by atoms with Crippen LogP contribution >= 0.6 is 0 Å². The van der Waals surface area contributed by atoms with Gasteiger partial charge in [0, 0.05) is 18.7 Å². The number of nitrogens with two attached hydrogens (primary N) is 1. The minimum Gasteiger partial charge on any atom is -0.496 e. The van der Waals surface area contributed by atoms with E-state index in [1.165, 1.54) is 26.0 Å². The van der Waals surface area contributed by atoms with Crippen molar-refractivity contribution >= 4 is 0 Å². The molecule has 1 aliphatic rings. The van der Waals surface area contributed by atoms with Crippen LogP contribution in [0.3, 0.4) is 0 Å². The molecule has 2 N–H and O–H groups in total. The Morgan fingerprint density at radius 2 is 2.00 bits per heavy atom. The summed E-state index contributed by atoms with van der Waals surface area (Å²) in [4.78, 5) is 2.31. The lowest BCUT2D eigenvalue weighted by atomic mass is 9.99. The van der Waals surface area contributed by atoms with Gasteiger partial charge in [0.1, 0.15) is 11.6 Å². The third-order valence-electron chi connectivity index (χ3n) is 3.42. The van der Waals surface area contributed by atoms with Crippen LogP contribution in [0, 0.1) is 11.7 Å². The summed E-state index contributed by atoms with van der Waals surface area (Å²) in [7, 11) is 3.09. The van der Waals surface area contributed by atoms with E-state index in [0.717, 1.165) is 13.1 Å². The normalized spacial score (nSPS) is 18.0. The second-order valence-electron chi connectivity index (χ2n) is 4.90. The lowest BCUT2D eigenvalue weighted by Crippen LogP contribution is -2.34. The van der Waals surface area contributed by atoms with E-state index in [1.807, 2.05) is 19.9 Å². The first-order valence-electron chi connectivity index (χ1n) is 7.82. The van der Waals surface area contributed by atoms with E-state index >= 15 is 0 Å². The van der Waals surface area contributed by atoms with Gasteiger partial charge in [-0.15, -0.1) is 0 Å². The molecule has 0 amide bonds. The first-order valence-corrected chi connectivity index (χ1v) is 7.82. The van der Waals surface area contributed by atoms with Crippen molar-refractivity contribution in [2.24, 2.45) is 11.7 Å². The smallest absolute Gasteiger partial charge is 0.131 e. The maximum Gasteiger partial charge on any atom is 0.131 e. The highest BCUT2D eigenvalue weighted by Crippen LogP contribution is 2.25. The number of nitrogens with zero attached hydrogens (tertiary/aromatic N) is 1. The molecule has 1 aromatic rings. The van der Waals surface area contributed by atoms with Gasteiger partial charge in [-0.3, -0.25) is 4.90 Å². The predicted octanol–water partition coefficient (Wildman–Crippen LogP) is 3.67. The van der Waals surface area contributed by atoms with Crippen LogP contribution in [0.1, 0.15) is 39.2 Å². The molecule has 3 nitrogen and oxygen atoms in total. The Morgan fingerprint density at radius 3 is 2.57 bits per heavy atom. The van der Waals surface area contributed by atoms with E-state index in [2.05, 4.69) is 17.6 Å². The van der Waals surface area contributed by atoms with Gasteiger partial charge in [0.05, 0.1) is 7.11 Å². The lowest BCUT2D eigenvalue weighted by molar-refractivity contribution is 0.173. The first kappa shape index (κ1) is 19.9. The number of hydrogen-bond donors (Lipinski definition) is 1. The van der Waals surface area contributed by atoms with E-state index in [1.54, 1.807) is 13.2 Å². The predicted molar refractivity (Wildman–Crippen MR) is 88.1 cm³/mol. The second-order valence-corrected chi connectivity index (χ2v) is 4.90. The van der Waals surface area contributed by atoms with Crippen LogP contribution in [0.5, 0.6) is 5.75 Å². The lowest BCUT2D eigenvalue weighted by Gasteiger charge is -2.31. The molecule has 0 radical (unpaired) electrons. The van der Waals surface area contributed by atoms with Gasteiger partial charge in [-0.05, 0) is 44.5 Å². The molecule has 0 aliphatic carbocycles. The fraction of sp³-hybridized carbons (Fsp3) is 0.647. The van der Waals surface area contributed by atoms with Gasteiger partial charge in [-0.25, -0.2) is 4.39 Å². The molecule has 1 fully saturated rings. The van der Waals surface area contributed by atoms with Crippen molar-refractivity contribution in [2.75, 3.05) is 27.2 Å². The van der Waals surface area contributed by atoms with Crippen molar-refractivity contribution in [1.82, 2.24) is 4.90 Å². The molecule has 1 atom stereocenters. The van der Waals surface area contributed by atoms with Gasteiger partial charge in [0.25, 0.3) is 0 Å². The molecule has 1 heterocycles. The van der Waals surface area contributed by atoms with Gasteiger partial charge in [-0.1, -0.05) is 26.8 Å². The zero-order valence-corrected chi connectivity index (χ0v) is 14.2. The topological polar surface area (TPSA) is 38.5 Å². The van der Waals surface area contributed by atoms with Gasteiger partial charge < -0.3 is 10.5 Å². The largest absolute Gasteiger partial charge is 0.496 e. The Hall–Kier alpha value is -1.13. The fourth-order valence-electron chi connectivity index (χ4n) is 2.54. The van der Waals surface area contributed by atoms with Crippen molar-refractivity contribution in [3.63, 3.8) is 0 Å². The zero-order valence-electron chi connectivity index (χ0n) is 14.2. The average molecular weight is 298 g/mol. The van der Waals surface area contributed by atoms with Crippen LogP contribution in [0.15, 0.2) is 18.2 Å². The third kappa shape index (κ3) is 6.44. The Bertz CT molecular complexity index is 385. The number of benzene rings is 1. The van der Waals surface area contributed by atoms with E-state index in [-0.39, 0.29) is 5.82 Å². The van der Waals surface area contributed by atoms with Crippen LogP contribution in [0.2, 0.25) is 0 Å². The fourth-order valence-corrected chi connectivity index (χ4v) is 2.54. The summed E-state index contributed by atoms with van der Waals surface area (Å²) in [6.45, 7) is 9.02. The molecular weight excluding hydrogens is 267 g/mol. The molecule has 4 heteroatoms. The van der Waals surface area contributed by atoms with Gasteiger partial charge in [-0.2, -0.15) is 0 Å². The molecule has 0 saturated carbocycles. The quantitative estimate of drug-likeness (QED) is 0.925. The maximum absolute atomic E-state index is 13.8. The number of halogens is 1. The molecule has 0 unspecified atom stereocenters. The van der Waals surface area contributed by atoms with Crippen molar-refractivity contribution in [3.8, 4) is 5.75 Å². The second kappa shape index (κ2) is 11.5. The molecule has 1 aliphatic heterocycles. The highest BCUT2D eigenvalue weighted by atomic mass is 19.1. The third-order valence-corrected chi connectivity index (χ3v) is 3.42. The summed E-state index contributed by atoms with van der Waals surface area (Å²) in [5.74, 6) is 1.20.